The van der Waals surface area contributed by atoms with Gasteiger partial charge in [0.05, 0.1) is 26.2 Å². The molecule has 0 unspecified atom stereocenters. The molecule has 28 nitrogen and oxygen atoms in total. The topological polar surface area (TPSA) is 349 Å². The molecule has 2 aromatic rings. The van der Waals surface area contributed by atoms with Gasteiger partial charge in [-0.1, -0.05) is 0 Å². The van der Waals surface area contributed by atoms with Gasteiger partial charge in [0.25, 0.3) is 0 Å². The van der Waals surface area contributed by atoms with Crippen molar-refractivity contribution in [2.45, 2.75) is 76.5 Å². The van der Waals surface area contributed by atoms with E-state index in [1.807, 2.05) is 0 Å². The summed E-state index contributed by atoms with van der Waals surface area (Å²) in [5.74, 6) is -2.47. The van der Waals surface area contributed by atoms with Gasteiger partial charge in [0.2, 0.25) is 0 Å². The highest BCUT2D eigenvalue weighted by Crippen LogP contribution is 2.60. The number of rotatable bonds is 8. The van der Waals surface area contributed by atoms with Gasteiger partial charge in [0, 0.05) is 22.3 Å². The van der Waals surface area contributed by atoms with E-state index in [-0.39, 0.29) is 22.3 Å². The molecule has 7 heterocycles. The lowest BCUT2D eigenvalue weighted by atomic mass is 9.92. The molecule has 7 aliphatic rings. The maximum atomic E-state index is 15.0. The second kappa shape index (κ2) is 12.1. The minimum atomic E-state index is -5.26. The predicted molar refractivity (Wildman–Crippen MR) is 196 cm³/mol. The summed E-state index contributed by atoms with van der Waals surface area (Å²) < 4.78 is 153. The van der Waals surface area contributed by atoms with Crippen LogP contribution in [-0.4, -0.2) is 151 Å². The Morgan fingerprint density at radius 3 is 0.742 bits per heavy atom. The van der Waals surface area contributed by atoms with Crippen molar-refractivity contribution in [3.8, 4) is 23.0 Å². The number of benzene rings is 2. The Morgan fingerprint density at radius 2 is 0.565 bits per heavy atom. The van der Waals surface area contributed by atoms with Gasteiger partial charge in [-0.2, -0.15) is 33.7 Å². The molecule has 9 rings (SSSR count). The number of urea groups is 4. The molecule has 62 heavy (non-hydrogen) atoms. The molecule has 0 aliphatic carbocycles. The average Bonchev–Trinajstić information content (AvgIpc) is 3.38. The number of fused-ring (bicyclic) bond motifs is 2. The molecule has 32 heteroatoms. The second-order valence-electron chi connectivity index (χ2n) is 15.6. The summed E-state index contributed by atoms with van der Waals surface area (Å²) in [5, 5.41) is 0. The Morgan fingerprint density at radius 1 is 0.387 bits per heavy atom. The molecule has 7 aliphatic heterocycles. The molecule has 0 atom stereocenters. The van der Waals surface area contributed by atoms with Crippen molar-refractivity contribution in [1.29, 1.82) is 0 Å². The maximum absolute atomic E-state index is 15.0. The second-order valence-corrected chi connectivity index (χ2v) is 19.7. The van der Waals surface area contributed by atoms with Crippen LogP contribution >= 0.6 is 0 Å². The monoisotopic (exact) mass is 952 g/mol. The molecule has 0 bridgehead atoms. The lowest BCUT2D eigenvalue weighted by Crippen LogP contribution is -2.73. The summed E-state index contributed by atoms with van der Waals surface area (Å²) in [7, 11) is -21.1. The minimum absolute atomic E-state index is 0.276. The molecule has 8 amide bonds. The molecule has 0 radical (unpaired) electrons. The molecule has 2 aromatic carbocycles. The van der Waals surface area contributed by atoms with Gasteiger partial charge in [-0.05, 0) is 52.0 Å². The summed E-state index contributed by atoms with van der Waals surface area (Å²) in [6.07, 6.45) is 0. The van der Waals surface area contributed by atoms with E-state index in [2.05, 4.69) is 0 Å². The predicted octanol–water partition coefficient (Wildman–Crippen LogP) is -0.116. The van der Waals surface area contributed by atoms with Crippen molar-refractivity contribution in [3.63, 3.8) is 0 Å². The maximum Gasteiger partial charge on any atom is 0.446 e. The van der Waals surface area contributed by atoms with Gasteiger partial charge >= 0.3 is 65.7 Å². The van der Waals surface area contributed by atoms with Gasteiger partial charge in [-0.25, -0.2) is 19.2 Å². The van der Waals surface area contributed by atoms with E-state index < -0.39 is 151 Å². The van der Waals surface area contributed by atoms with Gasteiger partial charge in [-0.3, -0.25) is 57.4 Å². The molecule has 336 valence electrons. The number of carbonyl (C=O) groups is 4. The number of amides is 8. The Bertz CT molecular complexity index is 2570. The fourth-order valence-corrected chi connectivity index (χ4v) is 11.6. The van der Waals surface area contributed by atoms with Crippen LogP contribution in [0, 0.1) is 0 Å². The van der Waals surface area contributed by atoms with E-state index in [9.17, 15) is 71.1 Å². The fraction of sp³-hybridized carbons (Fsp3) is 0.467. The fourth-order valence-electron chi connectivity index (χ4n) is 10.1. The van der Waals surface area contributed by atoms with Crippen LogP contribution in [0.25, 0.3) is 0 Å². The van der Waals surface area contributed by atoms with Crippen molar-refractivity contribution in [2.75, 3.05) is 13.3 Å². The van der Waals surface area contributed by atoms with Crippen LogP contribution in [0.4, 0.5) is 19.2 Å². The Balaban J connectivity index is 1.21. The standard InChI is InChI=1S/C30H32N8O20S4/c1-27-29(3)35-13-37-25(41)33-11-17-18(22(58-62(52,53)54)8-7-21(17)57-61(49,50)51)12-34-26(42)38(30(37,4)28(33,34)2)14-36(29)24(40)32(27)10-16-15(9-31(27)23(35)39)19(55-59(43,44)45)5-6-20(16)56-60(46,47)48/h5-8H,9-14H2,1-4H3,(H,43,44,45)(H,46,47,48)(H,49,50,51)(H,52,53,54)/t27-,28+,29+,30-. The number of hydrogen-bond acceptors (Lipinski definition) is 16. The number of nitrogens with zero attached hydrogens (tertiary/aromatic N) is 8. The summed E-state index contributed by atoms with van der Waals surface area (Å²) in [6.45, 7) is 1.74. The van der Waals surface area contributed by atoms with E-state index in [0.29, 0.717) is 0 Å². The van der Waals surface area contributed by atoms with Crippen LogP contribution in [0.2, 0.25) is 0 Å². The minimum Gasteiger partial charge on any atom is -0.361 e. The number of hydrogen-bond donors (Lipinski definition) is 4. The van der Waals surface area contributed by atoms with Crippen LogP contribution in [0.5, 0.6) is 23.0 Å². The third-order valence-corrected chi connectivity index (χ3v) is 14.7. The molecule has 0 aromatic heterocycles. The summed E-state index contributed by atoms with van der Waals surface area (Å²) in [6, 6.07) is -0.0850. The first-order chi connectivity index (χ1) is 28.4. The van der Waals surface area contributed by atoms with E-state index >= 15 is 0 Å². The van der Waals surface area contributed by atoms with E-state index in [1.165, 1.54) is 27.7 Å². The summed E-state index contributed by atoms with van der Waals surface area (Å²) >= 11 is 0. The molecule has 5 fully saturated rings. The van der Waals surface area contributed by atoms with Crippen LogP contribution in [0.3, 0.4) is 0 Å². The van der Waals surface area contributed by atoms with E-state index in [4.69, 9.17) is 16.7 Å². The Kier molecular flexibility index (Phi) is 8.13. The normalized spacial score (nSPS) is 28.9. The first kappa shape index (κ1) is 41.7. The van der Waals surface area contributed by atoms with Gasteiger partial charge in [0.1, 0.15) is 13.3 Å². The zero-order valence-electron chi connectivity index (χ0n) is 32.1. The van der Waals surface area contributed by atoms with E-state index in [1.54, 1.807) is 0 Å². The lowest BCUT2D eigenvalue weighted by molar-refractivity contribution is -0.125. The van der Waals surface area contributed by atoms with Crippen molar-refractivity contribution >= 4 is 65.7 Å². The first-order valence-electron chi connectivity index (χ1n) is 17.7. The Hall–Kier alpha value is -5.64. The highest BCUT2D eigenvalue weighted by atomic mass is 32.3. The zero-order valence-corrected chi connectivity index (χ0v) is 35.3. The first-order valence-corrected chi connectivity index (χ1v) is 23.2. The molecule has 5 saturated heterocycles. The third-order valence-electron chi connectivity index (χ3n) is 13.1. The van der Waals surface area contributed by atoms with Gasteiger partial charge < -0.3 is 16.7 Å². The van der Waals surface area contributed by atoms with Crippen molar-refractivity contribution < 1.29 is 87.8 Å². The summed E-state index contributed by atoms with van der Waals surface area (Å²) in [5.41, 5.74) is -8.53. The van der Waals surface area contributed by atoms with E-state index in [0.717, 1.165) is 63.5 Å². The molecule has 4 N–H and O–H groups in total. The average molecular weight is 953 g/mol. The smallest absolute Gasteiger partial charge is 0.361 e. The van der Waals surface area contributed by atoms with Gasteiger partial charge in [-0.15, -0.1) is 0 Å². The zero-order chi connectivity index (χ0) is 45.4. The lowest BCUT2D eigenvalue weighted by Gasteiger charge is -2.52. The van der Waals surface area contributed by atoms with Crippen LogP contribution in [0.15, 0.2) is 24.3 Å². The highest BCUT2D eigenvalue weighted by Gasteiger charge is 2.81. The molecule has 0 saturated carbocycles. The van der Waals surface area contributed by atoms with Crippen molar-refractivity contribution in [2.24, 2.45) is 0 Å². The quantitative estimate of drug-likeness (QED) is 0.251. The Labute approximate surface area is 351 Å². The SMILES string of the molecule is C[C@]12N3Cc4c(OS(=O)(=O)O)ccc(OS(=O)(=O)O)c4CN1C(=O)N1CN4C(=O)N5Cc6c(OS(=O)(=O)O)ccc(OS(=O)(=O)O)c6CN6C(=O)N(CN(C3=O)[C@]12C)[C@]4(C)[C@@]56C. The number of carbonyl (C=O) groups excluding carboxylic acids is 4. The molecular weight excluding hydrogens is 921 g/mol. The largest absolute Gasteiger partial charge is 0.446 e. The third kappa shape index (κ3) is 5.33. The molecular formula is C30H32N8O20S4. The van der Waals surface area contributed by atoms with Crippen LogP contribution in [0.1, 0.15) is 49.9 Å². The van der Waals surface area contributed by atoms with Crippen LogP contribution in [-0.2, 0) is 67.8 Å². The highest BCUT2D eigenvalue weighted by molar-refractivity contribution is 7.82. The van der Waals surface area contributed by atoms with Crippen molar-refractivity contribution in [1.82, 2.24) is 39.2 Å². The van der Waals surface area contributed by atoms with Crippen molar-refractivity contribution in [3.05, 3.63) is 46.5 Å². The molecule has 0 spiro atoms. The summed E-state index contributed by atoms with van der Waals surface area (Å²) in [4.78, 5) is 68.9. The van der Waals surface area contributed by atoms with Crippen LogP contribution < -0.4 is 16.7 Å². The van der Waals surface area contributed by atoms with Gasteiger partial charge in [0.15, 0.2) is 45.6 Å².